The van der Waals surface area contributed by atoms with Gasteiger partial charge in [0.15, 0.2) is 0 Å². The van der Waals surface area contributed by atoms with Gasteiger partial charge in [-0.05, 0) is 18.4 Å². The van der Waals surface area contributed by atoms with Gasteiger partial charge >= 0.3 is 6.03 Å². The minimum Gasteiger partial charge on any atom is -0.338 e. The van der Waals surface area contributed by atoms with Crippen molar-refractivity contribution in [2.75, 3.05) is 25.9 Å². The minimum absolute atomic E-state index is 0.0109. The van der Waals surface area contributed by atoms with Crippen LogP contribution in [-0.4, -0.2) is 46.8 Å². The van der Waals surface area contributed by atoms with Crippen LogP contribution in [0.15, 0.2) is 29.8 Å². The van der Waals surface area contributed by atoms with Crippen molar-refractivity contribution in [1.82, 2.24) is 20.2 Å². The van der Waals surface area contributed by atoms with Crippen molar-refractivity contribution in [1.29, 1.82) is 0 Å². The number of carbonyl (C=O) groups is 1. The Hall–Kier alpha value is -1.60. The monoisotopic (exact) mass is 348 g/mol. The van der Waals surface area contributed by atoms with Crippen molar-refractivity contribution in [3.63, 3.8) is 0 Å². The highest BCUT2D eigenvalue weighted by Gasteiger charge is 2.32. The number of amides is 2. The molecule has 0 spiro atoms. The summed E-state index contributed by atoms with van der Waals surface area (Å²) in [4.78, 5) is 22.8. The van der Waals surface area contributed by atoms with Crippen LogP contribution in [0.3, 0.4) is 0 Å². The van der Waals surface area contributed by atoms with E-state index < -0.39 is 0 Å². The van der Waals surface area contributed by atoms with E-state index in [0.717, 1.165) is 41.7 Å². The fraction of sp³-hybridized carbons (Fsp3) is 0.438. The fourth-order valence-corrected chi connectivity index (χ4v) is 4.06. The van der Waals surface area contributed by atoms with Gasteiger partial charge in [-0.1, -0.05) is 6.07 Å². The zero-order valence-corrected chi connectivity index (χ0v) is 14.7. The first-order chi connectivity index (χ1) is 11.3. The summed E-state index contributed by atoms with van der Waals surface area (Å²) in [5.41, 5.74) is 2.13. The zero-order chi connectivity index (χ0) is 16.1. The Morgan fingerprint density at radius 3 is 3.09 bits per heavy atom. The number of nitrogens with zero attached hydrogens (tertiary/aromatic N) is 3. The average molecular weight is 348 g/mol. The second-order valence-corrected chi connectivity index (χ2v) is 7.31. The lowest BCUT2D eigenvalue weighted by Crippen LogP contribution is -2.53. The third-order valence-electron chi connectivity index (χ3n) is 3.80. The van der Waals surface area contributed by atoms with E-state index in [1.54, 1.807) is 29.3 Å². The van der Waals surface area contributed by atoms with E-state index in [1.165, 1.54) is 0 Å². The number of likely N-dealkylation sites (tertiary alicyclic amines) is 1. The fourth-order valence-electron chi connectivity index (χ4n) is 2.51. The first-order valence-corrected chi connectivity index (χ1v) is 9.89. The number of nitrogens with one attached hydrogen (secondary N) is 1. The van der Waals surface area contributed by atoms with Crippen molar-refractivity contribution in [3.8, 4) is 0 Å². The third-order valence-corrected chi connectivity index (χ3v) is 5.44. The number of pyridine rings is 1. The molecule has 0 aliphatic carbocycles. The molecule has 122 valence electrons. The van der Waals surface area contributed by atoms with Gasteiger partial charge in [0.25, 0.3) is 0 Å². The predicted octanol–water partition coefficient (Wildman–Crippen LogP) is 2.75. The zero-order valence-electron chi connectivity index (χ0n) is 13.1. The predicted molar refractivity (Wildman–Crippen MR) is 95.0 cm³/mol. The van der Waals surface area contributed by atoms with Crippen LogP contribution in [0, 0.1) is 0 Å². The first kappa shape index (κ1) is 16.3. The first-order valence-electron chi connectivity index (χ1n) is 7.62. The van der Waals surface area contributed by atoms with Crippen LogP contribution in [-0.2, 0) is 12.2 Å². The molecule has 3 heterocycles. The van der Waals surface area contributed by atoms with Gasteiger partial charge in [-0.15, -0.1) is 11.3 Å². The Morgan fingerprint density at radius 2 is 2.35 bits per heavy atom. The lowest BCUT2D eigenvalue weighted by molar-refractivity contribution is 0.150. The Kier molecular flexibility index (Phi) is 5.51. The summed E-state index contributed by atoms with van der Waals surface area (Å²) in [5.74, 6) is 1.33. The van der Waals surface area contributed by atoms with E-state index in [0.29, 0.717) is 12.5 Å². The Labute approximate surface area is 144 Å². The summed E-state index contributed by atoms with van der Waals surface area (Å²) in [7, 11) is 0. The van der Waals surface area contributed by atoms with Gasteiger partial charge in [0.2, 0.25) is 0 Å². The van der Waals surface area contributed by atoms with E-state index in [1.807, 2.05) is 23.1 Å². The molecule has 23 heavy (non-hydrogen) atoms. The number of thioether (sulfide) groups is 1. The molecular weight excluding hydrogens is 328 g/mol. The lowest BCUT2D eigenvalue weighted by atomic mass is 9.96. The van der Waals surface area contributed by atoms with Gasteiger partial charge in [-0.3, -0.25) is 4.98 Å². The van der Waals surface area contributed by atoms with Gasteiger partial charge in [0, 0.05) is 55.0 Å². The van der Waals surface area contributed by atoms with Crippen LogP contribution < -0.4 is 5.32 Å². The number of thiazole rings is 1. The molecule has 7 heteroatoms. The molecule has 2 amide bonds. The SMILES string of the molecule is CSCc1nc(CCNC(=O)N2CC(c3ccccn3)C2)cs1. The maximum absolute atomic E-state index is 12.1. The molecule has 1 aliphatic rings. The van der Waals surface area contributed by atoms with Crippen molar-refractivity contribution >= 4 is 29.1 Å². The van der Waals surface area contributed by atoms with Crippen molar-refractivity contribution < 1.29 is 4.79 Å². The van der Waals surface area contributed by atoms with Crippen LogP contribution in [0.5, 0.6) is 0 Å². The standard InChI is InChI=1S/C16H20N4OS2/c1-22-11-15-19-13(10-23-15)5-7-18-16(21)20-8-12(9-20)14-4-2-3-6-17-14/h2-4,6,10,12H,5,7-9,11H2,1H3,(H,18,21). The molecule has 1 fully saturated rings. The minimum atomic E-state index is 0.0109. The topological polar surface area (TPSA) is 58.1 Å². The smallest absolute Gasteiger partial charge is 0.317 e. The van der Waals surface area contributed by atoms with Gasteiger partial charge in [-0.25, -0.2) is 9.78 Å². The van der Waals surface area contributed by atoms with E-state index in [-0.39, 0.29) is 6.03 Å². The number of hydrogen-bond acceptors (Lipinski definition) is 5. The number of rotatable bonds is 6. The summed E-state index contributed by atoms with van der Waals surface area (Å²) < 4.78 is 0. The summed E-state index contributed by atoms with van der Waals surface area (Å²) in [6.07, 6.45) is 4.66. The van der Waals surface area contributed by atoms with Crippen molar-refractivity contribution in [2.45, 2.75) is 18.1 Å². The van der Waals surface area contributed by atoms with Crippen LogP contribution in [0.1, 0.15) is 22.3 Å². The number of aromatic nitrogens is 2. The highest BCUT2D eigenvalue weighted by Crippen LogP contribution is 2.24. The van der Waals surface area contributed by atoms with Crippen LogP contribution >= 0.6 is 23.1 Å². The molecule has 3 rings (SSSR count). The Bertz CT molecular complexity index is 641. The second-order valence-electron chi connectivity index (χ2n) is 5.50. The lowest BCUT2D eigenvalue weighted by Gasteiger charge is -2.38. The molecule has 2 aromatic heterocycles. The van der Waals surface area contributed by atoms with E-state index >= 15 is 0 Å². The molecule has 0 atom stereocenters. The second kappa shape index (κ2) is 7.79. The van der Waals surface area contributed by atoms with Gasteiger partial charge < -0.3 is 10.2 Å². The maximum Gasteiger partial charge on any atom is 0.317 e. The van der Waals surface area contributed by atoms with E-state index in [2.05, 4.69) is 26.9 Å². The molecule has 2 aromatic rings. The van der Waals surface area contributed by atoms with Crippen LogP contribution in [0.4, 0.5) is 4.79 Å². The van der Waals surface area contributed by atoms with Gasteiger partial charge in [-0.2, -0.15) is 11.8 Å². The third kappa shape index (κ3) is 4.23. The molecule has 0 saturated carbocycles. The number of hydrogen-bond donors (Lipinski definition) is 1. The highest BCUT2D eigenvalue weighted by molar-refractivity contribution is 7.97. The van der Waals surface area contributed by atoms with Crippen LogP contribution in [0.25, 0.3) is 0 Å². The summed E-state index contributed by atoms with van der Waals surface area (Å²) in [5, 5.41) is 6.21. The normalized spacial score (nSPS) is 14.6. The quantitative estimate of drug-likeness (QED) is 0.872. The largest absolute Gasteiger partial charge is 0.338 e. The van der Waals surface area contributed by atoms with Crippen LogP contribution in [0.2, 0.25) is 0 Å². The summed E-state index contributed by atoms with van der Waals surface area (Å²) >= 11 is 3.47. The average Bonchev–Trinajstić information content (AvgIpc) is 2.95. The maximum atomic E-state index is 12.1. The Balaban J connectivity index is 1.37. The summed E-state index contributed by atoms with van der Waals surface area (Å²) in [6.45, 7) is 2.13. The molecule has 0 unspecified atom stereocenters. The molecule has 0 radical (unpaired) electrons. The Morgan fingerprint density at radius 1 is 1.48 bits per heavy atom. The molecule has 1 N–H and O–H groups in total. The van der Waals surface area contributed by atoms with Crippen molar-refractivity contribution in [3.05, 3.63) is 46.2 Å². The van der Waals surface area contributed by atoms with Gasteiger partial charge in [0.1, 0.15) is 5.01 Å². The molecule has 5 nitrogen and oxygen atoms in total. The number of urea groups is 1. The highest BCUT2D eigenvalue weighted by atomic mass is 32.2. The van der Waals surface area contributed by atoms with Gasteiger partial charge in [0.05, 0.1) is 5.69 Å². The summed E-state index contributed by atoms with van der Waals surface area (Å²) in [6, 6.07) is 5.94. The van der Waals surface area contributed by atoms with E-state index in [9.17, 15) is 4.79 Å². The molecule has 0 aromatic carbocycles. The van der Waals surface area contributed by atoms with E-state index in [4.69, 9.17) is 0 Å². The molecule has 1 saturated heterocycles. The molecular formula is C16H20N4OS2. The van der Waals surface area contributed by atoms with Crippen molar-refractivity contribution in [2.24, 2.45) is 0 Å². The number of carbonyl (C=O) groups excluding carboxylic acids is 1. The molecule has 0 bridgehead atoms. The molecule has 1 aliphatic heterocycles.